The molecule has 0 aliphatic carbocycles. The number of nitrogens with two attached hydrogens (primary N) is 1. The Morgan fingerprint density at radius 3 is 2.63 bits per heavy atom. The topological polar surface area (TPSA) is 35.2 Å². The molecule has 0 unspecified atom stereocenters. The van der Waals surface area contributed by atoms with Crippen LogP contribution in [0.5, 0.6) is 5.75 Å². The van der Waals surface area contributed by atoms with Crippen molar-refractivity contribution in [2.24, 2.45) is 5.73 Å². The molecule has 0 saturated carbocycles. The van der Waals surface area contributed by atoms with E-state index in [9.17, 15) is 0 Å². The third-order valence-corrected chi connectivity index (χ3v) is 3.50. The zero-order valence-electron chi connectivity index (χ0n) is 10.4. The van der Waals surface area contributed by atoms with Gasteiger partial charge in [0.25, 0.3) is 0 Å². The Kier molecular flexibility index (Phi) is 5.25. The Morgan fingerprint density at radius 2 is 1.95 bits per heavy atom. The van der Waals surface area contributed by atoms with E-state index in [0.29, 0.717) is 23.9 Å². The minimum absolute atomic E-state index is 0.495. The molecule has 0 bridgehead atoms. The lowest BCUT2D eigenvalue weighted by Crippen LogP contribution is -2.03. The summed E-state index contributed by atoms with van der Waals surface area (Å²) in [5.41, 5.74) is 7.74. The first-order chi connectivity index (χ1) is 9.19. The molecule has 0 aromatic heterocycles. The second-order valence-corrected chi connectivity index (χ2v) is 5.54. The first-order valence-corrected chi connectivity index (χ1v) is 7.22. The first-order valence-electron chi connectivity index (χ1n) is 6.05. The van der Waals surface area contributed by atoms with Crippen molar-refractivity contribution in [3.63, 3.8) is 0 Å². The van der Waals surface area contributed by atoms with Gasteiger partial charge in [-0.25, -0.2) is 0 Å². The van der Waals surface area contributed by atoms with Crippen LogP contribution in [0.3, 0.4) is 0 Å². The van der Waals surface area contributed by atoms with Crippen LogP contribution < -0.4 is 10.5 Å². The van der Waals surface area contributed by atoms with Gasteiger partial charge in [0.15, 0.2) is 0 Å². The summed E-state index contributed by atoms with van der Waals surface area (Å²) in [6, 6.07) is 13.8. The van der Waals surface area contributed by atoms with Crippen LogP contribution in [0.1, 0.15) is 11.1 Å². The van der Waals surface area contributed by atoms with Gasteiger partial charge < -0.3 is 10.5 Å². The fraction of sp³-hybridized carbons (Fsp3) is 0.200. The van der Waals surface area contributed by atoms with Crippen LogP contribution in [0.4, 0.5) is 0 Å². The summed E-state index contributed by atoms with van der Waals surface area (Å²) in [7, 11) is 0. The van der Waals surface area contributed by atoms with E-state index < -0.39 is 0 Å². The lowest BCUT2D eigenvalue weighted by atomic mass is 10.1. The first kappa shape index (κ1) is 14.4. The SMILES string of the molecule is NCCc1ccc(OCc2cccc(Br)c2)c(Cl)c1. The van der Waals surface area contributed by atoms with Crippen molar-refractivity contribution in [1.29, 1.82) is 0 Å². The summed E-state index contributed by atoms with van der Waals surface area (Å²) >= 11 is 9.62. The van der Waals surface area contributed by atoms with Crippen molar-refractivity contribution in [3.8, 4) is 5.75 Å². The van der Waals surface area contributed by atoms with Gasteiger partial charge in [-0.05, 0) is 48.4 Å². The van der Waals surface area contributed by atoms with Gasteiger partial charge in [-0.2, -0.15) is 0 Å². The van der Waals surface area contributed by atoms with Crippen LogP contribution in [0.2, 0.25) is 5.02 Å². The molecule has 100 valence electrons. The van der Waals surface area contributed by atoms with Gasteiger partial charge in [-0.15, -0.1) is 0 Å². The molecule has 2 aromatic carbocycles. The maximum absolute atomic E-state index is 6.19. The smallest absolute Gasteiger partial charge is 0.138 e. The molecule has 0 aliphatic heterocycles. The monoisotopic (exact) mass is 339 g/mol. The van der Waals surface area contributed by atoms with E-state index in [1.807, 2.05) is 42.5 Å². The number of ether oxygens (including phenoxy) is 1. The molecule has 0 atom stereocenters. The van der Waals surface area contributed by atoms with Crippen LogP contribution >= 0.6 is 27.5 Å². The lowest BCUT2D eigenvalue weighted by Gasteiger charge is -2.09. The van der Waals surface area contributed by atoms with Gasteiger partial charge in [0.2, 0.25) is 0 Å². The van der Waals surface area contributed by atoms with E-state index in [4.69, 9.17) is 22.1 Å². The predicted molar refractivity (Wildman–Crippen MR) is 82.7 cm³/mol. The summed E-state index contributed by atoms with van der Waals surface area (Å²) < 4.78 is 6.77. The average molecular weight is 341 g/mol. The molecule has 0 saturated heterocycles. The number of hydrogen-bond acceptors (Lipinski definition) is 2. The highest BCUT2D eigenvalue weighted by molar-refractivity contribution is 9.10. The second-order valence-electron chi connectivity index (χ2n) is 4.22. The molecule has 0 aliphatic rings. The van der Waals surface area contributed by atoms with Crippen molar-refractivity contribution in [2.75, 3.05) is 6.54 Å². The molecule has 2 N–H and O–H groups in total. The van der Waals surface area contributed by atoms with E-state index in [0.717, 1.165) is 22.0 Å². The predicted octanol–water partition coefficient (Wildman–Crippen LogP) is 4.18. The van der Waals surface area contributed by atoms with Crippen molar-refractivity contribution in [3.05, 3.63) is 63.1 Å². The fourth-order valence-electron chi connectivity index (χ4n) is 1.77. The quantitative estimate of drug-likeness (QED) is 0.886. The fourth-order valence-corrected chi connectivity index (χ4v) is 2.48. The highest BCUT2D eigenvalue weighted by atomic mass is 79.9. The van der Waals surface area contributed by atoms with Crippen LogP contribution in [0.15, 0.2) is 46.9 Å². The van der Waals surface area contributed by atoms with E-state index in [1.165, 1.54) is 0 Å². The minimum atomic E-state index is 0.495. The van der Waals surface area contributed by atoms with Crippen molar-refractivity contribution in [2.45, 2.75) is 13.0 Å². The molecule has 0 spiro atoms. The molecule has 19 heavy (non-hydrogen) atoms. The molecule has 0 radical (unpaired) electrons. The zero-order valence-corrected chi connectivity index (χ0v) is 12.7. The van der Waals surface area contributed by atoms with Gasteiger partial charge in [0.1, 0.15) is 12.4 Å². The third kappa shape index (κ3) is 4.23. The minimum Gasteiger partial charge on any atom is -0.487 e. The van der Waals surface area contributed by atoms with E-state index in [-0.39, 0.29) is 0 Å². The Morgan fingerprint density at radius 1 is 1.11 bits per heavy atom. The molecular formula is C15H15BrClNO. The van der Waals surface area contributed by atoms with Crippen LogP contribution in [0.25, 0.3) is 0 Å². The summed E-state index contributed by atoms with van der Waals surface area (Å²) in [6.45, 7) is 1.12. The lowest BCUT2D eigenvalue weighted by molar-refractivity contribution is 0.306. The summed E-state index contributed by atoms with van der Waals surface area (Å²) in [6.07, 6.45) is 0.825. The zero-order chi connectivity index (χ0) is 13.7. The number of hydrogen-bond donors (Lipinski definition) is 1. The molecule has 0 amide bonds. The number of benzene rings is 2. The summed E-state index contributed by atoms with van der Waals surface area (Å²) in [5, 5.41) is 0.626. The Hall–Kier alpha value is -1.03. The Bertz CT molecular complexity index is 560. The van der Waals surface area contributed by atoms with Crippen LogP contribution in [0, 0.1) is 0 Å². The van der Waals surface area contributed by atoms with Crippen molar-refractivity contribution < 1.29 is 4.74 Å². The Labute approximate surface area is 126 Å². The molecular weight excluding hydrogens is 326 g/mol. The third-order valence-electron chi connectivity index (χ3n) is 2.71. The number of halogens is 2. The standard InChI is InChI=1S/C15H15BrClNO/c16-13-3-1-2-12(8-13)10-19-15-5-4-11(6-7-18)9-14(15)17/h1-5,8-9H,6-7,10,18H2. The Balaban J connectivity index is 2.03. The average Bonchev–Trinajstić information content (AvgIpc) is 2.38. The van der Waals surface area contributed by atoms with Gasteiger partial charge in [0.05, 0.1) is 5.02 Å². The van der Waals surface area contributed by atoms with Gasteiger partial charge >= 0.3 is 0 Å². The van der Waals surface area contributed by atoms with Gasteiger partial charge in [-0.1, -0.05) is 45.7 Å². The van der Waals surface area contributed by atoms with Crippen LogP contribution in [-0.4, -0.2) is 6.54 Å². The van der Waals surface area contributed by atoms with E-state index in [2.05, 4.69) is 15.9 Å². The van der Waals surface area contributed by atoms with Gasteiger partial charge in [-0.3, -0.25) is 0 Å². The maximum Gasteiger partial charge on any atom is 0.138 e. The summed E-state index contributed by atoms with van der Waals surface area (Å²) in [4.78, 5) is 0. The molecule has 0 heterocycles. The van der Waals surface area contributed by atoms with Crippen LogP contribution in [-0.2, 0) is 13.0 Å². The molecule has 2 rings (SSSR count). The molecule has 4 heteroatoms. The highest BCUT2D eigenvalue weighted by Gasteiger charge is 2.04. The molecule has 0 fully saturated rings. The van der Waals surface area contributed by atoms with Crippen molar-refractivity contribution >= 4 is 27.5 Å². The summed E-state index contributed by atoms with van der Waals surface area (Å²) in [5.74, 6) is 0.697. The highest BCUT2D eigenvalue weighted by Crippen LogP contribution is 2.26. The molecule has 2 aromatic rings. The maximum atomic E-state index is 6.19. The van der Waals surface area contributed by atoms with E-state index >= 15 is 0 Å². The van der Waals surface area contributed by atoms with E-state index in [1.54, 1.807) is 0 Å². The molecule has 2 nitrogen and oxygen atoms in total. The normalized spacial score (nSPS) is 10.5. The second kappa shape index (κ2) is 6.94. The number of rotatable bonds is 5. The largest absolute Gasteiger partial charge is 0.487 e. The van der Waals surface area contributed by atoms with Crippen molar-refractivity contribution in [1.82, 2.24) is 0 Å². The van der Waals surface area contributed by atoms with Gasteiger partial charge in [0, 0.05) is 4.47 Å².